The van der Waals surface area contributed by atoms with Crippen molar-refractivity contribution in [2.24, 2.45) is 0 Å². The Hall–Kier alpha value is -2.15. The average Bonchev–Trinajstić information content (AvgIpc) is 2.46. The molecule has 0 aromatic heterocycles. The van der Waals surface area contributed by atoms with Gasteiger partial charge in [0.25, 0.3) is 11.6 Å². The van der Waals surface area contributed by atoms with E-state index in [2.05, 4.69) is 10.6 Å². The summed E-state index contributed by atoms with van der Waals surface area (Å²) in [6.07, 6.45) is 0.681. The molecule has 7 heteroatoms. The maximum atomic E-state index is 12.3. The Bertz CT molecular complexity index is 505. The maximum Gasteiger partial charge on any atom is 0.282 e. The number of nitrogens with zero attached hydrogens (tertiary/aromatic N) is 1. The Morgan fingerprint density at radius 2 is 2.14 bits per heavy atom. The number of amides is 1. The van der Waals surface area contributed by atoms with E-state index in [9.17, 15) is 14.9 Å². The van der Waals surface area contributed by atoms with Crippen LogP contribution in [0.2, 0.25) is 0 Å². The Kier molecular flexibility index (Phi) is 6.61. The summed E-state index contributed by atoms with van der Waals surface area (Å²) in [5.74, 6) is -0.467. The van der Waals surface area contributed by atoms with Crippen molar-refractivity contribution in [2.75, 3.05) is 25.6 Å². The van der Waals surface area contributed by atoms with Crippen LogP contribution >= 0.6 is 0 Å². The summed E-state index contributed by atoms with van der Waals surface area (Å²) < 4.78 is 5.01. The van der Waals surface area contributed by atoms with Crippen LogP contribution in [-0.2, 0) is 4.74 Å². The van der Waals surface area contributed by atoms with E-state index in [-0.39, 0.29) is 17.3 Å². The number of nitro benzene ring substituents is 1. The first-order valence-corrected chi connectivity index (χ1v) is 6.85. The van der Waals surface area contributed by atoms with Gasteiger partial charge in [-0.2, -0.15) is 0 Å². The molecule has 21 heavy (non-hydrogen) atoms. The van der Waals surface area contributed by atoms with Gasteiger partial charge >= 0.3 is 0 Å². The van der Waals surface area contributed by atoms with Crippen molar-refractivity contribution in [1.82, 2.24) is 5.32 Å². The lowest BCUT2D eigenvalue weighted by Gasteiger charge is -2.16. The summed E-state index contributed by atoms with van der Waals surface area (Å²) in [5.41, 5.74) is 0.516. The number of hydrogen-bond acceptors (Lipinski definition) is 5. The van der Waals surface area contributed by atoms with Crippen LogP contribution in [-0.4, -0.2) is 37.1 Å². The van der Waals surface area contributed by atoms with Crippen LogP contribution in [0.5, 0.6) is 0 Å². The van der Waals surface area contributed by atoms with Crippen LogP contribution in [0.15, 0.2) is 18.2 Å². The summed E-state index contributed by atoms with van der Waals surface area (Å²) in [4.78, 5) is 22.8. The molecule has 1 rings (SSSR count). The van der Waals surface area contributed by atoms with Gasteiger partial charge in [-0.15, -0.1) is 0 Å². The molecule has 1 aromatic rings. The second kappa shape index (κ2) is 8.21. The first kappa shape index (κ1) is 16.9. The number of rotatable bonds is 8. The molecular weight excluding hydrogens is 274 g/mol. The summed E-state index contributed by atoms with van der Waals surface area (Å²) in [6, 6.07) is 4.25. The van der Waals surface area contributed by atoms with Gasteiger partial charge in [-0.1, -0.05) is 6.92 Å². The van der Waals surface area contributed by atoms with Crippen LogP contribution in [0.4, 0.5) is 11.4 Å². The fourth-order valence-electron chi connectivity index (χ4n) is 1.92. The van der Waals surface area contributed by atoms with Crippen molar-refractivity contribution in [1.29, 1.82) is 0 Å². The van der Waals surface area contributed by atoms with E-state index in [1.165, 1.54) is 12.1 Å². The minimum atomic E-state index is -0.554. The fourth-order valence-corrected chi connectivity index (χ4v) is 1.92. The molecule has 7 nitrogen and oxygen atoms in total. The SMILES string of the molecule is CCNc1ccc([N+](=O)[O-])c(C(=O)NC(CC)COC)c1. The zero-order valence-electron chi connectivity index (χ0n) is 12.5. The summed E-state index contributed by atoms with van der Waals surface area (Å²) in [6.45, 7) is 4.85. The Balaban J connectivity index is 3.04. The number of nitro groups is 1. The number of anilines is 1. The van der Waals surface area contributed by atoms with Gasteiger partial charge in [0.15, 0.2) is 0 Å². The minimum absolute atomic E-state index is 0.0491. The lowest BCUT2D eigenvalue weighted by molar-refractivity contribution is -0.385. The second-order valence-electron chi connectivity index (χ2n) is 4.55. The molecule has 0 saturated heterocycles. The molecule has 0 spiro atoms. The van der Waals surface area contributed by atoms with Gasteiger partial charge in [-0.05, 0) is 25.5 Å². The number of carbonyl (C=O) groups excluding carboxylic acids is 1. The van der Waals surface area contributed by atoms with E-state index in [0.29, 0.717) is 25.3 Å². The van der Waals surface area contributed by atoms with Crippen molar-refractivity contribution in [3.05, 3.63) is 33.9 Å². The fraction of sp³-hybridized carbons (Fsp3) is 0.500. The third kappa shape index (κ3) is 4.71. The van der Waals surface area contributed by atoms with Crippen LogP contribution in [0.1, 0.15) is 30.6 Å². The first-order chi connectivity index (χ1) is 10.0. The molecule has 0 bridgehead atoms. The monoisotopic (exact) mass is 295 g/mol. The standard InChI is InChI=1S/C14H21N3O4/c1-4-10(9-21-3)16-14(18)12-8-11(15-5-2)6-7-13(12)17(19)20/h6-8,10,15H,4-5,9H2,1-3H3,(H,16,18). The van der Waals surface area contributed by atoms with Crippen LogP contribution < -0.4 is 10.6 Å². The van der Waals surface area contributed by atoms with Crippen molar-refractivity contribution in [3.63, 3.8) is 0 Å². The van der Waals surface area contributed by atoms with Crippen molar-refractivity contribution in [3.8, 4) is 0 Å². The maximum absolute atomic E-state index is 12.3. The van der Waals surface area contributed by atoms with Crippen molar-refractivity contribution in [2.45, 2.75) is 26.3 Å². The van der Waals surface area contributed by atoms with Crippen molar-refractivity contribution < 1.29 is 14.5 Å². The number of ether oxygens (including phenoxy) is 1. The van der Waals surface area contributed by atoms with Crippen LogP contribution in [0.25, 0.3) is 0 Å². The molecule has 1 aromatic carbocycles. The highest BCUT2D eigenvalue weighted by Gasteiger charge is 2.22. The molecule has 1 atom stereocenters. The number of benzene rings is 1. The molecule has 0 radical (unpaired) electrons. The molecule has 2 N–H and O–H groups in total. The predicted octanol–water partition coefficient (Wildman–Crippen LogP) is 2.18. The second-order valence-corrected chi connectivity index (χ2v) is 4.55. The van der Waals surface area contributed by atoms with E-state index < -0.39 is 10.8 Å². The largest absolute Gasteiger partial charge is 0.385 e. The molecular formula is C14H21N3O4. The van der Waals surface area contributed by atoms with Gasteiger partial charge in [0.05, 0.1) is 17.6 Å². The molecule has 1 amide bonds. The Morgan fingerprint density at radius 3 is 2.67 bits per heavy atom. The first-order valence-electron chi connectivity index (χ1n) is 6.85. The van der Waals surface area contributed by atoms with Crippen LogP contribution in [0.3, 0.4) is 0 Å². The molecule has 1 unspecified atom stereocenters. The van der Waals surface area contributed by atoms with Gasteiger partial charge in [-0.25, -0.2) is 0 Å². The number of carbonyl (C=O) groups is 1. The smallest absolute Gasteiger partial charge is 0.282 e. The van der Waals surface area contributed by atoms with Gasteiger partial charge in [0, 0.05) is 25.4 Å². The van der Waals surface area contributed by atoms with E-state index in [1.54, 1.807) is 13.2 Å². The van der Waals surface area contributed by atoms with Crippen LogP contribution in [0, 0.1) is 10.1 Å². The molecule has 0 aliphatic rings. The van der Waals surface area contributed by atoms with Gasteiger partial charge in [0.2, 0.25) is 0 Å². The highest BCUT2D eigenvalue weighted by molar-refractivity contribution is 5.99. The van der Waals surface area contributed by atoms with E-state index in [1.807, 2.05) is 13.8 Å². The van der Waals surface area contributed by atoms with Gasteiger partial charge in [-0.3, -0.25) is 14.9 Å². The molecule has 0 aliphatic carbocycles. The van der Waals surface area contributed by atoms with Gasteiger partial charge in [0.1, 0.15) is 5.56 Å². The molecule has 0 heterocycles. The minimum Gasteiger partial charge on any atom is -0.385 e. The lowest BCUT2D eigenvalue weighted by atomic mass is 10.1. The number of hydrogen-bond donors (Lipinski definition) is 2. The normalized spacial score (nSPS) is 11.8. The zero-order valence-corrected chi connectivity index (χ0v) is 12.5. The Morgan fingerprint density at radius 1 is 1.43 bits per heavy atom. The third-order valence-electron chi connectivity index (χ3n) is 3.01. The summed E-state index contributed by atoms with van der Waals surface area (Å²) in [7, 11) is 1.54. The number of methoxy groups -OCH3 is 1. The predicted molar refractivity (Wildman–Crippen MR) is 80.7 cm³/mol. The molecule has 0 aliphatic heterocycles. The van der Waals surface area contributed by atoms with E-state index in [0.717, 1.165) is 0 Å². The summed E-state index contributed by atoms with van der Waals surface area (Å²) in [5, 5.41) is 16.8. The molecule has 116 valence electrons. The Labute approximate surface area is 123 Å². The lowest BCUT2D eigenvalue weighted by Crippen LogP contribution is -2.37. The molecule has 0 fully saturated rings. The van der Waals surface area contributed by atoms with Crippen molar-refractivity contribution >= 4 is 17.3 Å². The topological polar surface area (TPSA) is 93.5 Å². The molecule has 0 saturated carbocycles. The van der Waals surface area contributed by atoms with Gasteiger partial charge < -0.3 is 15.4 Å². The quantitative estimate of drug-likeness (QED) is 0.566. The van der Waals surface area contributed by atoms with E-state index >= 15 is 0 Å². The highest BCUT2D eigenvalue weighted by Crippen LogP contribution is 2.22. The highest BCUT2D eigenvalue weighted by atomic mass is 16.6. The van der Waals surface area contributed by atoms with E-state index in [4.69, 9.17) is 4.74 Å². The summed E-state index contributed by atoms with van der Waals surface area (Å²) >= 11 is 0. The third-order valence-corrected chi connectivity index (χ3v) is 3.01. The number of nitrogens with one attached hydrogen (secondary N) is 2. The average molecular weight is 295 g/mol. The zero-order chi connectivity index (χ0) is 15.8.